The average Bonchev–Trinajstić information content (AvgIpc) is 3.76. The van der Waals surface area contributed by atoms with E-state index in [0.29, 0.717) is 40.1 Å². The number of allylic oxidation sites excluding steroid dienone is 2. The normalized spacial score (nSPS) is 15.9. The second kappa shape index (κ2) is 13.3. The number of H-pyrrole nitrogens is 2. The molecular formula is C41H36N4O6. The van der Waals surface area contributed by atoms with E-state index in [2.05, 4.69) is 33.8 Å². The van der Waals surface area contributed by atoms with Gasteiger partial charge in [0.05, 0.1) is 22.5 Å². The van der Waals surface area contributed by atoms with Gasteiger partial charge in [0.2, 0.25) is 0 Å². The first-order valence-corrected chi connectivity index (χ1v) is 16.2. The first kappa shape index (κ1) is 34.2. The van der Waals surface area contributed by atoms with Gasteiger partial charge in [-0.15, -0.1) is 0 Å². The van der Waals surface area contributed by atoms with Crippen LogP contribution in [0.5, 0.6) is 0 Å². The van der Waals surface area contributed by atoms with Crippen LogP contribution in [0.1, 0.15) is 68.5 Å². The second-order valence-electron chi connectivity index (χ2n) is 12.5. The predicted octanol–water partition coefficient (Wildman–Crippen LogP) is 7.23. The van der Waals surface area contributed by atoms with E-state index in [1.54, 1.807) is 74.5 Å². The molecule has 0 spiro atoms. The monoisotopic (exact) mass is 680 g/mol. The minimum Gasteiger partial charge on any atom is -0.478 e. The number of benzene rings is 2. The molecule has 2 aromatic heterocycles. The largest absolute Gasteiger partial charge is 0.478 e. The van der Waals surface area contributed by atoms with E-state index in [-0.39, 0.29) is 22.9 Å². The summed E-state index contributed by atoms with van der Waals surface area (Å²) in [5.41, 5.74) is 12.3. The highest BCUT2D eigenvalue weighted by molar-refractivity contribution is 6.02. The molecule has 6 rings (SSSR count). The standard InChI is InChI=1S/C41H36N4O6/c1-7-28-20(3)38(46)44-32(28)17-30-22(5)36(24-9-13-26(14-10-24)40(48)49)34(42-30)19-35-37(25-11-15-27(16-12-25)41(50)51)23(6)31(43-35)18-33-29(8-2)21(4)39(47)45-33/h7-18,42-43H,1-2,19H2,3-6H3,(H,44,46)(H,45,47)(H,48,49)(H,50,51). The molecule has 0 fully saturated rings. The minimum absolute atomic E-state index is 0.160. The van der Waals surface area contributed by atoms with Crippen LogP contribution in [0, 0.1) is 13.8 Å². The molecule has 0 saturated carbocycles. The number of carboxylic acid groups (broad SMARTS) is 2. The lowest BCUT2D eigenvalue weighted by atomic mass is 9.94. The molecular weight excluding hydrogens is 644 g/mol. The Kier molecular flexibility index (Phi) is 8.93. The lowest BCUT2D eigenvalue weighted by molar-refractivity contribution is -0.117. The maximum absolute atomic E-state index is 12.5. The molecule has 2 aliphatic rings. The van der Waals surface area contributed by atoms with Gasteiger partial charge >= 0.3 is 11.9 Å². The zero-order chi connectivity index (χ0) is 36.7. The highest BCUT2D eigenvalue weighted by Crippen LogP contribution is 2.38. The molecule has 0 saturated heterocycles. The van der Waals surface area contributed by atoms with Gasteiger partial charge in [-0.05, 0) is 86.4 Å². The molecule has 10 heteroatoms. The number of carbonyl (C=O) groups is 4. The Bertz CT molecular complexity index is 2160. The van der Waals surface area contributed by atoms with E-state index in [0.717, 1.165) is 56.2 Å². The number of carbonyl (C=O) groups excluding carboxylic acids is 2. The Hall–Kier alpha value is -6.68. The van der Waals surface area contributed by atoms with Gasteiger partial charge in [-0.3, -0.25) is 9.59 Å². The number of hydrogen-bond donors (Lipinski definition) is 6. The third-order valence-corrected chi connectivity index (χ3v) is 9.48. The Labute approximate surface area is 294 Å². The van der Waals surface area contributed by atoms with Gasteiger partial charge in [-0.1, -0.05) is 49.6 Å². The van der Waals surface area contributed by atoms with Crippen LogP contribution in [0.15, 0.2) is 108 Å². The zero-order valence-electron chi connectivity index (χ0n) is 28.6. The fraction of sp³-hybridized carbons (Fsp3) is 0.122. The van der Waals surface area contributed by atoms with Crippen LogP contribution in [0.4, 0.5) is 0 Å². The Morgan fingerprint density at radius 3 is 1.29 bits per heavy atom. The molecule has 0 aliphatic carbocycles. The first-order chi connectivity index (χ1) is 24.3. The molecule has 2 aliphatic heterocycles. The number of nitrogens with one attached hydrogen (secondary N) is 4. The van der Waals surface area contributed by atoms with Gasteiger partial charge in [0.25, 0.3) is 11.8 Å². The van der Waals surface area contributed by atoms with Crippen LogP contribution in [0.25, 0.3) is 34.4 Å². The number of rotatable bonds is 10. The van der Waals surface area contributed by atoms with Crippen molar-refractivity contribution in [2.45, 2.75) is 34.1 Å². The van der Waals surface area contributed by atoms with Crippen molar-refractivity contribution in [3.05, 3.63) is 153 Å². The molecule has 10 nitrogen and oxygen atoms in total. The molecule has 2 aromatic carbocycles. The van der Waals surface area contributed by atoms with Crippen molar-refractivity contribution < 1.29 is 29.4 Å². The van der Waals surface area contributed by atoms with Crippen molar-refractivity contribution >= 4 is 35.9 Å². The average molecular weight is 681 g/mol. The number of aromatic nitrogens is 2. The maximum Gasteiger partial charge on any atom is 0.335 e. The smallest absolute Gasteiger partial charge is 0.335 e. The van der Waals surface area contributed by atoms with Crippen molar-refractivity contribution in [1.29, 1.82) is 0 Å². The molecule has 0 atom stereocenters. The summed E-state index contributed by atoms with van der Waals surface area (Å²) in [5.74, 6) is -2.45. The summed E-state index contributed by atoms with van der Waals surface area (Å²) < 4.78 is 0. The van der Waals surface area contributed by atoms with Crippen molar-refractivity contribution in [2.75, 3.05) is 0 Å². The molecule has 4 heterocycles. The fourth-order valence-electron chi connectivity index (χ4n) is 6.69. The number of aromatic carboxylic acids is 2. The lowest BCUT2D eigenvalue weighted by Gasteiger charge is -2.10. The van der Waals surface area contributed by atoms with Crippen molar-refractivity contribution in [1.82, 2.24) is 20.6 Å². The van der Waals surface area contributed by atoms with Crippen LogP contribution in [0.3, 0.4) is 0 Å². The molecule has 6 N–H and O–H groups in total. The molecule has 256 valence electrons. The molecule has 0 unspecified atom stereocenters. The summed E-state index contributed by atoms with van der Waals surface area (Å²) in [7, 11) is 0. The third kappa shape index (κ3) is 6.19. The predicted molar refractivity (Wildman–Crippen MR) is 197 cm³/mol. The van der Waals surface area contributed by atoms with Gasteiger partial charge < -0.3 is 30.8 Å². The number of hydrogen-bond acceptors (Lipinski definition) is 4. The van der Waals surface area contributed by atoms with Crippen molar-refractivity contribution in [2.24, 2.45) is 0 Å². The van der Waals surface area contributed by atoms with Gasteiger partial charge in [0.1, 0.15) is 0 Å². The zero-order valence-corrected chi connectivity index (χ0v) is 28.6. The van der Waals surface area contributed by atoms with E-state index in [4.69, 9.17) is 0 Å². The summed E-state index contributed by atoms with van der Waals surface area (Å²) in [6.07, 6.45) is 7.38. The van der Waals surface area contributed by atoms with Crippen LogP contribution < -0.4 is 10.6 Å². The molecule has 4 aromatic rings. The quantitative estimate of drug-likeness (QED) is 0.103. The summed E-state index contributed by atoms with van der Waals surface area (Å²) >= 11 is 0. The van der Waals surface area contributed by atoms with Gasteiger partial charge in [-0.25, -0.2) is 9.59 Å². The van der Waals surface area contributed by atoms with Gasteiger partial charge in [0.15, 0.2) is 0 Å². The number of carboxylic acids is 2. The van der Waals surface area contributed by atoms with Crippen molar-refractivity contribution in [3.63, 3.8) is 0 Å². The first-order valence-electron chi connectivity index (χ1n) is 16.2. The molecule has 2 amide bonds. The minimum atomic E-state index is -1.03. The second-order valence-corrected chi connectivity index (χ2v) is 12.5. The lowest BCUT2D eigenvalue weighted by Crippen LogP contribution is -2.15. The van der Waals surface area contributed by atoms with E-state index < -0.39 is 11.9 Å². The van der Waals surface area contributed by atoms with Crippen LogP contribution >= 0.6 is 0 Å². The summed E-state index contributed by atoms with van der Waals surface area (Å²) in [4.78, 5) is 55.5. The Morgan fingerprint density at radius 1 is 0.627 bits per heavy atom. The van der Waals surface area contributed by atoms with Crippen LogP contribution in [0.2, 0.25) is 0 Å². The Morgan fingerprint density at radius 2 is 0.980 bits per heavy atom. The SMILES string of the molecule is C=CC1=C(C)C(=O)NC1=Cc1[nH]c(Cc2[nH]c(C=C3NC(=O)C(C)=C3C=C)c(C)c2-c2ccc(C(=O)O)cc2)c(-c2ccc(C(=O)O)cc2)c1C. The van der Waals surface area contributed by atoms with Gasteiger partial charge in [0, 0.05) is 62.6 Å². The summed E-state index contributed by atoms with van der Waals surface area (Å²) in [6, 6.07) is 13.3. The number of amides is 2. The molecule has 0 bridgehead atoms. The third-order valence-electron chi connectivity index (χ3n) is 9.48. The van der Waals surface area contributed by atoms with E-state index in [1.165, 1.54) is 0 Å². The highest BCUT2D eigenvalue weighted by atomic mass is 16.4. The van der Waals surface area contributed by atoms with E-state index in [9.17, 15) is 29.4 Å². The molecule has 0 radical (unpaired) electrons. The topological polar surface area (TPSA) is 164 Å². The van der Waals surface area contributed by atoms with Crippen LogP contribution in [-0.2, 0) is 16.0 Å². The molecule has 51 heavy (non-hydrogen) atoms. The summed E-state index contributed by atoms with van der Waals surface area (Å²) in [6.45, 7) is 15.2. The van der Waals surface area contributed by atoms with Crippen LogP contribution in [-0.4, -0.2) is 43.9 Å². The fourth-order valence-corrected chi connectivity index (χ4v) is 6.69. The Balaban J connectivity index is 1.54. The number of aromatic amines is 2. The van der Waals surface area contributed by atoms with E-state index >= 15 is 0 Å². The summed E-state index contributed by atoms with van der Waals surface area (Å²) in [5, 5.41) is 24.9. The van der Waals surface area contributed by atoms with Crippen molar-refractivity contribution in [3.8, 4) is 22.3 Å². The van der Waals surface area contributed by atoms with Gasteiger partial charge in [-0.2, -0.15) is 0 Å². The highest BCUT2D eigenvalue weighted by Gasteiger charge is 2.26. The van der Waals surface area contributed by atoms with E-state index in [1.807, 2.05) is 26.0 Å². The maximum atomic E-state index is 12.5.